The number of sulfonamides is 1. The van der Waals surface area contributed by atoms with E-state index >= 15 is 0 Å². The molecule has 0 saturated carbocycles. The highest BCUT2D eigenvalue weighted by atomic mass is 32.2. The van der Waals surface area contributed by atoms with Crippen LogP contribution >= 0.6 is 0 Å². The fourth-order valence-corrected chi connectivity index (χ4v) is 6.78. The molecule has 0 spiro atoms. The highest BCUT2D eigenvalue weighted by molar-refractivity contribution is 7.89. The maximum atomic E-state index is 13.6. The Morgan fingerprint density at radius 2 is 1.90 bits per heavy atom. The molecule has 0 radical (unpaired) electrons. The van der Waals surface area contributed by atoms with Gasteiger partial charge >= 0.3 is 5.97 Å². The molecular weight excluding hydrogens is 522 g/mol. The molecule has 3 aromatic rings. The number of carbonyl (C=O) groups is 1. The number of aromatic amines is 1. The maximum Gasteiger partial charge on any atom is 0.303 e. The fraction of sp³-hybridized carbons (Fsp3) is 0.556. The minimum Gasteiger partial charge on any atom is -0.493 e. The van der Waals surface area contributed by atoms with Crippen LogP contribution in [0.2, 0.25) is 0 Å². The molecule has 212 valence electrons. The Labute approximate surface area is 228 Å². The van der Waals surface area contributed by atoms with Crippen molar-refractivity contribution in [1.29, 1.82) is 0 Å². The number of hydrogen-bond donors (Lipinski definition) is 2. The van der Waals surface area contributed by atoms with Crippen LogP contribution < -0.4 is 10.3 Å². The third-order valence-electron chi connectivity index (χ3n) is 7.54. The van der Waals surface area contributed by atoms with E-state index in [1.54, 1.807) is 17.5 Å². The van der Waals surface area contributed by atoms with E-state index in [9.17, 15) is 18.0 Å². The number of aliphatic carboxylic acids is 1. The van der Waals surface area contributed by atoms with E-state index in [0.29, 0.717) is 67.3 Å². The number of nitrogens with zero attached hydrogens (tertiary/aromatic N) is 4. The Bertz CT molecular complexity index is 1500. The number of rotatable bonds is 11. The van der Waals surface area contributed by atoms with Gasteiger partial charge < -0.3 is 14.8 Å². The van der Waals surface area contributed by atoms with Crippen LogP contribution in [-0.2, 0) is 14.8 Å². The number of benzene rings is 1. The first-order chi connectivity index (χ1) is 18.6. The molecule has 4 rings (SSSR count). The number of fused-ring (bicyclic) bond motifs is 1. The van der Waals surface area contributed by atoms with Gasteiger partial charge in [0.15, 0.2) is 11.3 Å². The Hall–Kier alpha value is -3.25. The first-order valence-electron chi connectivity index (χ1n) is 13.6. The molecule has 0 aliphatic carbocycles. The maximum absolute atomic E-state index is 13.6. The second kappa shape index (κ2) is 11.9. The highest BCUT2D eigenvalue weighted by Crippen LogP contribution is 2.33. The molecule has 1 fully saturated rings. The van der Waals surface area contributed by atoms with Gasteiger partial charge in [-0.2, -0.15) is 4.31 Å². The SMILES string of the molecule is CCOc1ccc(S(=O)(=O)N2CCC(CCC(=O)O)CC2)cc1-c1nn2c(C(CC)CC)nc(C)c2c(=O)[nH]1. The summed E-state index contributed by atoms with van der Waals surface area (Å²) in [6.07, 6.45) is 3.53. The Morgan fingerprint density at radius 3 is 2.51 bits per heavy atom. The summed E-state index contributed by atoms with van der Waals surface area (Å²) in [6, 6.07) is 4.60. The van der Waals surface area contributed by atoms with Crippen LogP contribution in [0.5, 0.6) is 5.75 Å². The van der Waals surface area contributed by atoms with E-state index in [2.05, 4.69) is 23.8 Å². The summed E-state index contributed by atoms with van der Waals surface area (Å²) in [5, 5.41) is 13.7. The molecule has 0 unspecified atom stereocenters. The molecular formula is C27H37N5O6S. The zero-order valence-electron chi connectivity index (χ0n) is 22.9. The zero-order chi connectivity index (χ0) is 28.3. The van der Waals surface area contributed by atoms with Gasteiger partial charge in [0.05, 0.1) is 22.8 Å². The summed E-state index contributed by atoms with van der Waals surface area (Å²) in [5.41, 5.74) is 0.968. The van der Waals surface area contributed by atoms with Crippen molar-refractivity contribution in [3.05, 3.63) is 40.1 Å². The topological polar surface area (TPSA) is 147 Å². The average molecular weight is 560 g/mol. The third-order valence-corrected chi connectivity index (χ3v) is 9.43. The number of hydrogen-bond acceptors (Lipinski definition) is 7. The van der Waals surface area contributed by atoms with Gasteiger partial charge in [-0.05, 0) is 70.1 Å². The molecule has 1 saturated heterocycles. The molecule has 1 aliphatic rings. The first-order valence-corrected chi connectivity index (χ1v) is 15.0. The van der Waals surface area contributed by atoms with Crippen LogP contribution in [0.4, 0.5) is 0 Å². The molecule has 12 heteroatoms. The number of aryl methyl sites for hydroxylation is 1. The Balaban J connectivity index is 1.74. The summed E-state index contributed by atoms with van der Waals surface area (Å²) in [6.45, 7) is 8.73. The molecule has 3 heterocycles. The molecule has 1 aromatic carbocycles. The smallest absolute Gasteiger partial charge is 0.303 e. The fourth-order valence-electron chi connectivity index (χ4n) is 5.28. The molecule has 0 amide bonds. The van der Waals surface area contributed by atoms with Crippen molar-refractivity contribution in [2.75, 3.05) is 19.7 Å². The van der Waals surface area contributed by atoms with Crippen LogP contribution in [0.3, 0.4) is 0 Å². The van der Waals surface area contributed by atoms with Crippen LogP contribution in [-0.4, -0.2) is 63.1 Å². The normalized spacial score (nSPS) is 15.3. The van der Waals surface area contributed by atoms with Crippen LogP contribution in [0.25, 0.3) is 16.9 Å². The number of carboxylic acid groups (broad SMARTS) is 1. The van der Waals surface area contributed by atoms with Gasteiger partial charge in [-0.3, -0.25) is 9.59 Å². The van der Waals surface area contributed by atoms with Crippen molar-refractivity contribution < 1.29 is 23.1 Å². The predicted octanol–water partition coefficient (Wildman–Crippen LogP) is 3.96. The molecule has 0 bridgehead atoms. The number of nitrogens with one attached hydrogen (secondary N) is 1. The zero-order valence-corrected chi connectivity index (χ0v) is 23.8. The van der Waals surface area contributed by atoms with Crippen LogP contribution in [0.1, 0.15) is 76.7 Å². The van der Waals surface area contributed by atoms with Crippen molar-refractivity contribution in [2.24, 2.45) is 5.92 Å². The lowest BCUT2D eigenvalue weighted by molar-refractivity contribution is -0.137. The Kier molecular flexibility index (Phi) is 8.75. The lowest BCUT2D eigenvalue weighted by Crippen LogP contribution is -2.38. The molecule has 0 atom stereocenters. The predicted molar refractivity (Wildman–Crippen MR) is 147 cm³/mol. The van der Waals surface area contributed by atoms with E-state index in [4.69, 9.17) is 14.9 Å². The van der Waals surface area contributed by atoms with Gasteiger partial charge in [-0.1, -0.05) is 13.8 Å². The largest absolute Gasteiger partial charge is 0.493 e. The number of carboxylic acids is 1. The average Bonchev–Trinajstić information content (AvgIpc) is 3.25. The van der Waals surface area contributed by atoms with Gasteiger partial charge in [0, 0.05) is 25.4 Å². The Morgan fingerprint density at radius 1 is 1.21 bits per heavy atom. The highest BCUT2D eigenvalue weighted by Gasteiger charge is 2.31. The van der Waals surface area contributed by atoms with E-state index in [-0.39, 0.29) is 34.5 Å². The molecule has 11 nitrogen and oxygen atoms in total. The van der Waals surface area contributed by atoms with Gasteiger partial charge in [0.25, 0.3) is 5.56 Å². The van der Waals surface area contributed by atoms with Crippen molar-refractivity contribution >= 4 is 21.5 Å². The summed E-state index contributed by atoms with van der Waals surface area (Å²) in [5.74, 6) is 0.775. The standard InChI is InChI=1S/C27H37N5O6S/c1-5-19(6-2)26-28-17(4)24-27(35)29-25(30-32(24)26)21-16-20(9-10-22(21)38-7-3)39(36,37)31-14-12-18(13-15-31)8-11-23(33)34/h9-10,16,18-19H,5-8,11-15H2,1-4H3,(H,33,34)(H,29,30,35). The van der Waals surface area contributed by atoms with Gasteiger partial charge in [-0.15, -0.1) is 5.10 Å². The van der Waals surface area contributed by atoms with Crippen LogP contribution in [0, 0.1) is 12.8 Å². The quantitative estimate of drug-likeness (QED) is 0.359. The summed E-state index contributed by atoms with van der Waals surface area (Å²) >= 11 is 0. The second-order valence-electron chi connectivity index (χ2n) is 10.0. The van der Waals surface area contributed by atoms with Crippen molar-refractivity contribution in [3.8, 4) is 17.1 Å². The summed E-state index contributed by atoms with van der Waals surface area (Å²) < 4.78 is 36.0. The monoisotopic (exact) mass is 559 g/mol. The molecule has 2 aromatic heterocycles. The third kappa shape index (κ3) is 5.86. The number of piperidine rings is 1. The van der Waals surface area contributed by atoms with Crippen molar-refractivity contribution in [1.82, 2.24) is 23.9 Å². The molecule has 39 heavy (non-hydrogen) atoms. The van der Waals surface area contributed by atoms with Crippen molar-refractivity contribution in [2.45, 2.75) is 77.0 Å². The second-order valence-corrected chi connectivity index (χ2v) is 11.9. The minimum absolute atomic E-state index is 0.0784. The lowest BCUT2D eigenvalue weighted by Gasteiger charge is -2.31. The van der Waals surface area contributed by atoms with E-state index in [0.717, 1.165) is 12.8 Å². The lowest BCUT2D eigenvalue weighted by atomic mass is 9.93. The summed E-state index contributed by atoms with van der Waals surface area (Å²) in [7, 11) is -3.83. The van der Waals surface area contributed by atoms with Crippen LogP contribution in [0.15, 0.2) is 27.9 Å². The summed E-state index contributed by atoms with van der Waals surface area (Å²) in [4.78, 5) is 31.6. The number of aromatic nitrogens is 4. The number of H-pyrrole nitrogens is 1. The van der Waals surface area contributed by atoms with Gasteiger partial charge in [0.2, 0.25) is 10.0 Å². The molecule has 2 N–H and O–H groups in total. The number of ether oxygens (including phenoxy) is 1. The van der Waals surface area contributed by atoms with E-state index in [1.807, 2.05) is 6.92 Å². The van der Waals surface area contributed by atoms with Gasteiger partial charge in [-0.25, -0.2) is 17.9 Å². The first kappa shape index (κ1) is 28.8. The molecule has 1 aliphatic heterocycles. The number of imidazole rings is 1. The van der Waals surface area contributed by atoms with E-state index < -0.39 is 16.0 Å². The van der Waals surface area contributed by atoms with Gasteiger partial charge in [0.1, 0.15) is 11.6 Å². The van der Waals surface area contributed by atoms with Crippen molar-refractivity contribution in [3.63, 3.8) is 0 Å². The minimum atomic E-state index is -3.83. The van der Waals surface area contributed by atoms with E-state index in [1.165, 1.54) is 16.4 Å².